The lowest BCUT2D eigenvalue weighted by Crippen LogP contribution is -2.27. The Balaban J connectivity index is 1.49. The minimum atomic E-state index is -0.910. The first-order valence-electron chi connectivity index (χ1n) is 10.5. The molecule has 8 nitrogen and oxygen atoms in total. The number of hydrogen-bond donors (Lipinski definition) is 2. The number of H-pyrrole nitrogens is 1. The van der Waals surface area contributed by atoms with E-state index in [-0.39, 0.29) is 6.04 Å². The number of rotatable bonds is 4. The van der Waals surface area contributed by atoms with Crippen LogP contribution in [-0.4, -0.2) is 48.9 Å². The van der Waals surface area contributed by atoms with E-state index in [2.05, 4.69) is 21.1 Å². The number of carboxylic acid groups (broad SMARTS) is 1. The maximum absolute atomic E-state index is 11.2. The van der Waals surface area contributed by atoms with Crippen LogP contribution in [-0.2, 0) is 0 Å². The van der Waals surface area contributed by atoms with Gasteiger partial charge in [-0.1, -0.05) is 29.3 Å². The zero-order valence-corrected chi connectivity index (χ0v) is 19.3. The molecule has 1 aliphatic heterocycles. The van der Waals surface area contributed by atoms with Crippen molar-refractivity contribution in [3.05, 3.63) is 70.2 Å². The largest absolute Gasteiger partial charge is 0.465 e. The van der Waals surface area contributed by atoms with Crippen LogP contribution in [0.25, 0.3) is 33.8 Å². The Morgan fingerprint density at radius 2 is 2.06 bits per heavy atom. The molecule has 1 amide bonds. The van der Waals surface area contributed by atoms with Crippen LogP contribution in [0.3, 0.4) is 0 Å². The van der Waals surface area contributed by atoms with E-state index in [1.807, 2.05) is 16.9 Å². The van der Waals surface area contributed by atoms with Crippen molar-refractivity contribution >= 4 is 52.0 Å². The van der Waals surface area contributed by atoms with Gasteiger partial charge in [0.2, 0.25) is 0 Å². The van der Waals surface area contributed by atoms with Gasteiger partial charge in [-0.25, -0.2) is 9.78 Å². The smallest absolute Gasteiger partial charge is 0.407 e. The molecule has 34 heavy (non-hydrogen) atoms. The number of nitriles is 1. The van der Waals surface area contributed by atoms with Crippen molar-refractivity contribution in [2.75, 3.05) is 13.1 Å². The van der Waals surface area contributed by atoms with Crippen LogP contribution < -0.4 is 0 Å². The summed E-state index contributed by atoms with van der Waals surface area (Å²) in [7, 11) is 0. The summed E-state index contributed by atoms with van der Waals surface area (Å²) in [5.41, 5.74) is 4.01. The van der Waals surface area contributed by atoms with Crippen molar-refractivity contribution in [1.82, 2.24) is 24.6 Å². The normalized spacial score (nSPS) is 16.2. The molecular formula is C24H18Cl2N6O2. The summed E-state index contributed by atoms with van der Waals surface area (Å²) in [6.07, 6.45) is 8.74. The van der Waals surface area contributed by atoms with Crippen LogP contribution in [0.1, 0.15) is 23.6 Å². The van der Waals surface area contributed by atoms with Crippen molar-refractivity contribution in [1.29, 1.82) is 5.26 Å². The minimum absolute atomic E-state index is 0.00542. The lowest BCUT2D eigenvalue weighted by Gasteiger charge is -2.12. The molecule has 0 bridgehead atoms. The van der Waals surface area contributed by atoms with Gasteiger partial charge in [-0.2, -0.15) is 10.4 Å². The molecule has 4 aromatic rings. The van der Waals surface area contributed by atoms with Gasteiger partial charge in [0.1, 0.15) is 5.65 Å². The summed E-state index contributed by atoms with van der Waals surface area (Å²) in [5, 5.41) is 25.1. The van der Waals surface area contributed by atoms with Gasteiger partial charge in [-0.15, -0.1) is 0 Å². The van der Waals surface area contributed by atoms with Gasteiger partial charge >= 0.3 is 6.09 Å². The van der Waals surface area contributed by atoms with E-state index < -0.39 is 6.09 Å². The van der Waals surface area contributed by atoms with Crippen LogP contribution in [0.2, 0.25) is 10.0 Å². The van der Waals surface area contributed by atoms with Gasteiger partial charge < -0.3 is 15.0 Å². The number of nitrogens with zero attached hydrogens (tertiary/aromatic N) is 5. The highest BCUT2D eigenvalue weighted by molar-refractivity contribution is 6.38. The lowest BCUT2D eigenvalue weighted by atomic mass is 10.0. The molecule has 0 spiro atoms. The highest BCUT2D eigenvalue weighted by Crippen LogP contribution is 2.34. The number of benzene rings is 1. The zero-order valence-electron chi connectivity index (χ0n) is 17.7. The fraction of sp³-hybridized carbons (Fsp3) is 0.167. The Morgan fingerprint density at radius 3 is 2.76 bits per heavy atom. The van der Waals surface area contributed by atoms with Crippen molar-refractivity contribution in [3.63, 3.8) is 0 Å². The van der Waals surface area contributed by atoms with Crippen LogP contribution >= 0.6 is 23.2 Å². The lowest BCUT2D eigenvalue weighted by molar-refractivity contribution is 0.154. The number of likely N-dealkylation sites (tertiary alicyclic amines) is 1. The van der Waals surface area contributed by atoms with Crippen LogP contribution in [0.4, 0.5) is 4.79 Å². The molecule has 0 radical (unpaired) electrons. The third kappa shape index (κ3) is 4.00. The summed E-state index contributed by atoms with van der Waals surface area (Å²) in [4.78, 5) is 20.3. The number of fused-ring (bicyclic) bond motifs is 1. The minimum Gasteiger partial charge on any atom is -0.465 e. The Labute approximate surface area is 204 Å². The number of aromatic nitrogens is 4. The van der Waals surface area contributed by atoms with E-state index in [9.17, 15) is 15.2 Å². The number of hydrogen-bond acceptors (Lipinski definition) is 4. The van der Waals surface area contributed by atoms with Crippen molar-refractivity contribution in [2.45, 2.75) is 12.5 Å². The third-order valence-corrected chi connectivity index (χ3v) is 6.59. The highest BCUT2D eigenvalue weighted by Gasteiger charge is 2.27. The van der Waals surface area contributed by atoms with Crippen molar-refractivity contribution in [3.8, 4) is 17.2 Å². The average Bonchev–Trinajstić information content (AvgIpc) is 3.57. The van der Waals surface area contributed by atoms with Gasteiger partial charge in [-0.3, -0.25) is 4.68 Å². The predicted octanol–water partition coefficient (Wildman–Crippen LogP) is 5.72. The summed E-state index contributed by atoms with van der Waals surface area (Å²) in [6.45, 7) is 0.917. The summed E-state index contributed by atoms with van der Waals surface area (Å²) >= 11 is 12.6. The topological polar surface area (TPSA) is 111 Å². The maximum atomic E-state index is 11.2. The molecule has 4 heterocycles. The molecule has 1 atom stereocenters. The quantitative estimate of drug-likeness (QED) is 0.353. The van der Waals surface area contributed by atoms with Crippen molar-refractivity contribution in [2.24, 2.45) is 0 Å². The summed E-state index contributed by atoms with van der Waals surface area (Å²) < 4.78 is 1.81. The zero-order chi connectivity index (χ0) is 23.8. The van der Waals surface area contributed by atoms with E-state index in [0.717, 1.165) is 28.5 Å². The first-order valence-corrected chi connectivity index (χ1v) is 11.3. The fourth-order valence-electron chi connectivity index (χ4n) is 4.19. The Hall–Kier alpha value is -3.80. The molecule has 2 N–H and O–H groups in total. The second-order valence-electron chi connectivity index (χ2n) is 8.01. The second kappa shape index (κ2) is 8.86. The maximum Gasteiger partial charge on any atom is 0.407 e. The summed E-state index contributed by atoms with van der Waals surface area (Å²) in [6, 6.07) is 9.30. The van der Waals surface area contributed by atoms with Crippen LogP contribution in [0.5, 0.6) is 0 Å². The van der Waals surface area contributed by atoms with E-state index in [1.165, 1.54) is 4.90 Å². The molecule has 1 saturated heterocycles. The number of carbonyl (C=O) groups is 1. The average molecular weight is 493 g/mol. The molecular weight excluding hydrogens is 475 g/mol. The number of allylic oxidation sites excluding steroid dienone is 1. The molecule has 1 fully saturated rings. The standard InChI is InChI=1S/C24H18Cl2N6O2/c25-20-2-1-3-21(26)22(20)14(8-27)6-16-10-29-23-19(16)7-15(9-28-23)17-11-30-32(12-17)18-4-5-31(13-18)24(33)34/h1-3,6-7,9-12,18H,4-5,13H2,(H,28,29)(H,33,34)/b14-6+. The van der Waals surface area contributed by atoms with Gasteiger partial charge in [0.15, 0.2) is 0 Å². The number of amides is 1. The number of aromatic amines is 1. The van der Waals surface area contributed by atoms with Gasteiger partial charge in [0, 0.05) is 59.3 Å². The third-order valence-electron chi connectivity index (χ3n) is 5.96. The first kappa shape index (κ1) is 22.0. The Morgan fingerprint density at radius 1 is 1.26 bits per heavy atom. The van der Waals surface area contributed by atoms with Gasteiger partial charge in [0.05, 0.1) is 33.9 Å². The van der Waals surface area contributed by atoms with Crippen LogP contribution in [0.15, 0.2) is 49.1 Å². The van der Waals surface area contributed by atoms with E-state index in [0.29, 0.717) is 39.9 Å². The molecule has 1 aromatic carbocycles. The van der Waals surface area contributed by atoms with Crippen molar-refractivity contribution < 1.29 is 9.90 Å². The van der Waals surface area contributed by atoms with E-state index in [4.69, 9.17) is 23.2 Å². The Bertz CT molecular complexity index is 1460. The first-order chi connectivity index (χ1) is 16.4. The molecule has 170 valence electrons. The Kier molecular flexibility index (Phi) is 5.74. The van der Waals surface area contributed by atoms with Crippen LogP contribution in [0, 0.1) is 11.3 Å². The molecule has 0 aliphatic carbocycles. The summed E-state index contributed by atoms with van der Waals surface area (Å²) in [5.74, 6) is 0. The van der Waals surface area contributed by atoms with Gasteiger partial charge in [-0.05, 0) is 30.7 Å². The molecule has 0 saturated carbocycles. The predicted molar refractivity (Wildman–Crippen MR) is 131 cm³/mol. The van der Waals surface area contributed by atoms with Gasteiger partial charge in [0.25, 0.3) is 0 Å². The SMILES string of the molecule is N#C/C(=C\c1c[nH]c2ncc(-c3cnn(C4CCN(C(=O)O)C4)c3)cc12)c1c(Cl)cccc1Cl. The molecule has 1 aliphatic rings. The number of halogens is 2. The van der Waals surface area contributed by atoms with E-state index >= 15 is 0 Å². The molecule has 10 heteroatoms. The highest BCUT2D eigenvalue weighted by atomic mass is 35.5. The molecule has 3 aromatic heterocycles. The molecule has 5 rings (SSSR count). The second-order valence-corrected chi connectivity index (χ2v) is 8.83. The monoisotopic (exact) mass is 492 g/mol. The number of nitrogens with one attached hydrogen (secondary N) is 1. The molecule has 1 unspecified atom stereocenters. The number of pyridine rings is 1. The fourth-order valence-corrected chi connectivity index (χ4v) is 4.79. The van der Waals surface area contributed by atoms with E-state index in [1.54, 1.807) is 42.9 Å².